The second-order valence-corrected chi connectivity index (χ2v) is 3.93. The molecule has 2 rings (SSSR count). The van der Waals surface area contributed by atoms with Crippen LogP contribution in [0.5, 0.6) is 5.75 Å². The molecule has 0 N–H and O–H groups in total. The molecule has 0 aliphatic carbocycles. The van der Waals surface area contributed by atoms with Crippen LogP contribution in [-0.2, 0) is 0 Å². The third-order valence-electron chi connectivity index (χ3n) is 2.60. The average molecular weight is 263 g/mol. The first-order valence-corrected chi connectivity index (χ1v) is 5.58. The molecular weight excluding hydrogens is 252 g/mol. The molecule has 19 heavy (non-hydrogen) atoms. The van der Waals surface area contributed by atoms with Crippen molar-refractivity contribution in [3.8, 4) is 5.75 Å². The first kappa shape index (κ1) is 13.1. The summed E-state index contributed by atoms with van der Waals surface area (Å²) in [5.74, 6) is -0.307. The number of nitrogens with zero attached hydrogens (tertiary/aromatic N) is 1. The normalized spacial score (nSPS) is 10.5. The van der Waals surface area contributed by atoms with Gasteiger partial charge in [0.2, 0.25) is 0 Å². The number of pyridine rings is 1. The van der Waals surface area contributed by atoms with Crippen molar-refractivity contribution in [1.82, 2.24) is 4.98 Å². The quantitative estimate of drug-likeness (QED) is 0.795. The number of halogens is 2. The highest BCUT2D eigenvalue weighted by molar-refractivity contribution is 6.09. The van der Waals surface area contributed by atoms with Gasteiger partial charge < -0.3 is 4.74 Å². The SMILES string of the molecule is Cc1ccc(OC(F)F)cc1C(=O)c1cccnc1. The summed E-state index contributed by atoms with van der Waals surface area (Å²) in [5.41, 5.74) is 1.42. The smallest absolute Gasteiger partial charge is 0.387 e. The molecule has 1 aromatic carbocycles. The van der Waals surface area contributed by atoms with Gasteiger partial charge in [0.15, 0.2) is 5.78 Å². The van der Waals surface area contributed by atoms with Crippen LogP contribution >= 0.6 is 0 Å². The molecule has 0 bridgehead atoms. The summed E-state index contributed by atoms with van der Waals surface area (Å²) in [6.07, 6.45) is 2.99. The van der Waals surface area contributed by atoms with Crippen LogP contribution in [0.2, 0.25) is 0 Å². The first-order chi connectivity index (χ1) is 9.08. The first-order valence-electron chi connectivity index (χ1n) is 5.58. The summed E-state index contributed by atoms with van der Waals surface area (Å²) in [7, 11) is 0. The molecule has 0 radical (unpaired) electrons. The molecule has 0 spiro atoms. The fourth-order valence-corrected chi connectivity index (χ4v) is 1.67. The molecule has 0 unspecified atom stereocenters. The summed E-state index contributed by atoms with van der Waals surface area (Å²) in [6.45, 7) is -1.18. The molecule has 1 aromatic heterocycles. The maximum absolute atomic E-state index is 12.2. The van der Waals surface area contributed by atoms with E-state index in [-0.39, 0.29) is 11.5 Å². The number of alkyl halides is 2. The molecule has 0 atom stereocenters. The lowest BCUT2D eigenvalue weighted by atomic mass is 10.00. The minimum atomic E-state index is -2.91. The van der Waals surface area contributed by atoms with Crippen molar-refractivity contribution in [2.75, 3.05) is 0 Å². The van der Waals surface area contributed by atoms with Crippen molar-refractivity contribution in [2.24, 2.45) is 0 Å². The van der Waals surface area contributed by atoms with Crippen LogP contribution in [0.1, 0.15) is 21.5 Å². The number of ether oxygens (including phenoxy) is 1. The van der Waals surface area contributed by atoms with E-state index in [1.807, 2.05) is 0 Å². The number of hydrogen-bond acceptors (Lipinski definition) is 3. The summed E-state index contributed by atoms with van der Waals surface area (Å²) < 4.78 is 28.6. The zero-order valence-electron chi connectivity index (χ0n) is 10.1. The van der Waals surface area contributed by atoms with Gasteiger partial charge in [-0.2, -0.15) is 8.78 Å². The molecule has 2 aromatic rings. The predicted octanol–water partition coefficient (Wildman–Crippen LogP) is 3.22. The van der Waals surface area contributed by atoms with Gasteiger partial charge in [0.05, 0.1) is 0 Å². The fourth-order valence-electron chi connectivity index (χ4n) is 1.67. The van der Waals surface area contributed by atoms with Gasteiger partial charge in [0.25, 0.3) is 0 Å². The van der Waals surface area contributed by atoms with Crippen molar-refractivity contribution >= 4 is 5.78 Å². The molecule has 0 aliphatic rings. The van der Waals surface area contributed by atoms with Crippen LogP contribution in [0.15, 0.2) is 42.7 Å². The monoisotopic (exact) mass is 263 g/mol. The highest BCUT2D eigenvalue weighted by Crippen LogP contribution is 2.21. The van der Waals surface area contributed by atoms with E-state index in [4.69, 9.17) is 0 Å². The van der Waals surface area contributed by atoms with Crippen LogP contribution in [-0.4, -0.2) is 17.4 Å². The number of hydrogen-bond donors (Lipinski definition) is 0. The molecule has 0 fully saturated rings. The Kier molecular flexibility index (Phi) is 3.85. The zero-order chi connectivity index (χ0) is 13.8. The number of rotatable bonds is 4. The summed E-state index contributed by atoms with van der Waals surface area (Å²) in [5, 5.41) is 0. The maximum atomic E-state index is 12.2. The van der Waals surface area contributed by atoms with Crippen LogP contribution in [0.3, 0.4) is 0 Å². The van der Waals surface area contributed by atoms with E-state index in [9.17, 15) is 13.6 Å². The lowest BCUT2D eigenvalue weighted by Gasteiger charge is -2.09. The Hall–Kier alpha value is -2.30. The molecular formula is C14H11F2NO2. The zero-order valence-corrected chi connectivity index (χ0v) is 10.1. The molecule has 0 aliphatic heterocycles. The van der Waals surface area contributed by atoms with Crippen molar-refractivity contribution in [3.63, 3.8) is 0 Å². The third-order valence-corrected chi connectivity index (χ3v) is 2.60. The Morgan fingerprint density at radius 3 is 2.74 bits per heavy atom. The fraction of sp³-hybridized carbons (Fsp3) is 0.143. The van der Waals surface area contributed by atoms with Gasteiger partial charge in [0, 0.05) is 23.5 Å². The second-order valence-electron chi connectivity index (χ2n) is 3.93. The highest BCUT2D eigenvalue weighted by atomic mass is 19.3. The number of carbonyl (C=O) groups excluding carboxylic acids is 1. The molecule has 1 heterocycles. The number of carbonyl (C=O) groups is 1. The van der Waals surface area contributed by atoms with Gasteiger partial charge in [0.1, 0.15) is 5.75 Å². The number of aromatic nitrogens is 1. The van der Waals surface area contributed by atoms with Gasteiger partial charge in [-0.1, -0.05) is 6.07 Å². The van der Waals surface area contributed by atoms with E-state index < -0.39 is 6.61 Å². The highest BCUT2D eigenvalue weighted by Gasteiger charge is 2.14. The summed E-state index contributed by atoms with van der Waals surface area (Å²) in [6, 6.07) is 7.55. The number of benzene rings is 1. The molecule has 5 heteroatoms. The van der Waals surface area contributed by atoms with Crippen molar-refractivity contribution in [3.05, 3.63) is 59.4 Å². The topological polar surface area (TPSA) is 39.2 Å². The lowest BCUT2D eigenvalue weighted by Crippen LogP contribution is -2.07. The van der Waals surface area contributed by atoms with Crippen LogP contribution < -0.4 is 4.74 Å². The Labute approximate surface area is 108 Å². The minimum absolute atomic E-state index is 0.0344. The van der Waals surface area contributed by atoms with E-state index in [1.54, 1.807) is 31.3 Å². The molecule has 98 valence electrons. The molecule has 3 nitrogen and oxygen atoms in total. The predicted molar refractivity (Wildman–Crippen MR) is 65.5 cm³/mol. The largest absolute Gasteiger partial charge is 0.435 e. The Morgan fingerprint density at radius 1 is 1.32 bits per heavy atom. The third kappa shape index (κ3) is 3.13. The second kappa shape index (κ2) is 5.56. The van der Waals surface area contributed by atoms with E-state index in [1.165, 1.54) is 18.3 Å². The number of ketones is 1. The lowest BCUT2D eigenvalue weighted by molar-refractivity contribution is -0.0498. The summed E-state index contributed by atoms with van der Waals surface area (Å²) in [4.78, 5) is 16.1. The van der Waals surface area contributed by atoms with Gasteiger partial charge in [-0.05, 0) is 36.8 Å². The van der Waals surface area contributed by atoms with Gasteiger partial charge >= 0.3 is 6.61 Å². The molecule has 0 saturated heterocycles. The Balaban J connectivity index is 2.36. The minimum Gasteiger partial charge on any atom is -0.435 e. The van der Waals surface area contributed by atoms with Crippen LogP contribution in [0.25, 0.3) is 0 Å². The standard InChI is InChI=1S/C14H11F2NO2/c1-9-4-5-11(19-14(15)16)7-12(9)13(18)10-3-2-6-17-8-10/h2-8,14H,1H3. The van der Waals surface area contributed by atoms with Gasteiger partial charge in [-0.25, -0.2) is 0 Å². The van der Waals surface area contributed by atoms with Crippen molar-refractivity contribution in [1.29, 1.82) is 0 Å². The van der Waals surface area contributed by atoms with E-state index in [0.29, 0.717) is 16.7 Å². The number of aryl methyl sites for hydroxylation is 1. The Morgan fingerprint density at radius 2 is 2.11 bits per heavy atom. The molecule has 0 saturated carbocycles. The van der Waals surface area contributed by atoms with Crippen LogP contribution in [0, 0.1) is 6.92 Å². The summed E-state index contributed by atoms with van der Waals surface area (Å²) >= 11 is 0. The van der Waals surface area contributed by atoms with E-state index in [2.05, 4.69) is 9.72 Å². The van der Waals surface area contributed by atoms with E-state index >= 15 is 0 Å². The van der Waals surface area contributed by atoms with Crippen molar-refractivity contribution < 1.29 is 18.3 Å². The molecule has 0 amide bonds. The average Bonchev–Trinajstić information content (AvgIpc) is 2.40. The Bertz CT molecular complexity index is 585. The van der Waals surface area contributed by atoms with Gasteiger partial charge in [-0.15, -0.1) is 0 Å². The van der Waals surface area contributed by atoms with E-state index in [0.717, 1.165) is 0 Å². The maximum Gasteiger partial charge on any atom is 0.387 e. The van der Waals surface area contributed by atoms with Crippen molar-refractivity contribution in [2.45, 2.75) is 13.5 Å². The van der Waals surface area contributed by atoms with Crippen LogP contribution in [0.4, 0.5) is 8.78 Å². The van der Waals surface area contributed by atoms with Gasteiger partial charge in [-0.3, -0.25) is 9.78 Å².